The largest absolute Gasteiger partial charge is 0.486 e. The van der Waals surface area contributed by atoms with Gasteiger partial charge in [-0.1, -0.05) is 31.4 Å². The van der Waals surface area contributed by atoms with Crippen molar-refractivity contribution in [2.75, 3.05) is 19.8 Å². The third kappa shape index (κ3) is 3.17. The molecule has 2 aliphatic rings. The number of carbonyl (C=O) groups is 1. The summed E-state index contributed by atoms with van der Waals surface area (Å²) >= 11 is 6.22. The molecule has 120 valence electrons. The fourth-order valence-electron chi connectivity index (χ4n) is 3.22. The smallest absolute Gasteiger partial charge is 0.225 e. The minimum Gasteiger partial charge on any atom is -0.486 e. The van der Waals surface area contributed by atoms with Gasteiger partial charge in [-0.25, -0.2) is 0 Å². The van der Waals surface area contributed by atoms with E-state index in [4.69, 9.17) is 21.1 Å². The number of benzene rings is 1. The van der Waals surface area contributed by atoms with Crippen LogP contribution in [0, 0.1) is 5.41 Å². The number of carbonyl (C=O) groups excluding carboxylic acids is 1. The molecule has 1 amide bonds. The summed E-state index contributed by atoms with van der Waals surface area (Å²) in [6.45, 7) is 3.75. The Morgan fingerprint density at radius 3 is 2.77 bits per heavy atom. The summed E-state index contributed by atoms with van der Waals surface area (Å²) in [5, 5.41) is 3.63. The molecule has 1 N–H and O–H groups in total. The Bertz CT molecular complexity index is 567. The number of hydrogen-bond donors (Lipinski definition) is 1. The van der Waals surface area contributed by atoms with Crippen molar-refractivity contribution in [1.29, 1.82) is 0 Å². The summed E-state index contributed by atoms with van der Waals surface area (Å²) in [6.07, 6.45) is 5.03. The number of halogens is 1. The lowest BCUT2D eigenvalue weighted by Gasteiger charge is -2.22. The second-order valence-corrected chi connectivity index (χ2v) is 6.78. The Labute approximate surface area is 136 Å². The third-order valence-corrected chi connectivity index (χ3v) is 4.89. The number of amides is 1. The molecule has 3 rings (SSSR count). The maximum Gasteiger partial charge on any atom is 0.225 e. The van der Waals surface area contributed by atoms with E-state index in [1.54, 1.807) is 0 Å². The van der Waals surface area contributed by atoms with E-state index in [1.165, 1.54) is 0 Å². The maximum absolute atomic E-state index is 12.3. The van der Waals surface area contributed by atoms with E-state index in [1.807, 2.05) is 12.1 Å². The minimum absolute atomic E-state index is 0.175. The molecule has 1 aliphatic carbocycles. The van der Waals surface area contributed by atoms with Crippen molar-refractivity contribution in [2.24, 2.45) is 5.41 Å². The Balaban J connectivity index is 1.58. The highest BCUT2D eigenvalue weighted by molar-refractivity contribution is 6.32. The van der Waals surface area contributed by atoms with Gasteiger partial charge in [0.15, 0.2) is 11.5 Å². The quantitative estimate of drug-likeness (QED) is 0.924. The molecule has 0 saturated heterocycles. The van der Waals surface area contributed by atoms with E-state index in [-0.39, 0.29) is 11.3 Å². The van der Waals surface area contributed by atoms with Gasteiger partial charge in [0.05, 0.1) is 5.02 Å². The van der Waals surface area contributed by atoms with Crippen LogP contribution >= 0.6 is 11.6 Å². The summed E-state index contributed by atoms with van der Waals surface area (Å²) in [6, 6.07) is 3.84. The highest BCUT2D eigenvalue weighted by atomic mass is 35.5. The Morgan fingerprint density at radius 2 is 2.00 bits per heavy atom. The van der Waals surface area contributed by atoms with Crippen molar-refractivity contribution in [3.63, 3.8) is 0 Å². The van der Waals surface area contributed by atoms with Crippen molar-refractivity contribution < 1.29 is 14.3 Å². The molecule has 0 bridgehead atoms. The van der Waals surface area contributed by atoms with Crippen LogP contribution in [0.3, 0.4) is 0 Å². The number of hydrogen-bond acceptors (Lipinski definition) is 3. The van der Waals surface area contributed by atoms with Gasteiger partial charge in [-0.05, 0) is 37.0 Å². The van der Waals surface area contributed by atoms with Crippen LogP contribution in [0.1, 0.15) is 38.2 Å². The van der Waals surface area contributed by atoms with Crippen molar-refractivity contribution >= 4 is 17.5 Å². The molecule has 1 aliphatic heterocycles. The zero-order valence-electron chi connectivity index (χ0n) is 12.9. The van der Waals surface area contributed by atoms with Crippen molar-refractivity contribution in [3.05, 3.63) is 22.7 Å². The van der Waals surface area contributed by atoms with E-state index in [0.717, 1.165) is 37.7 Å². The Morgan fingerprint density at radius 1 is 1.27 bits per heavy atom. The zero-order valence-corrected chi connectivity index (χ0v) is 13.7. The molecule has 4 nitrogen and oxygen atoms in total. The first-order valence-electron chi connectivity index (χ1n) is 7.95. The van der Waals surface area contributed by atoms with Crippen LogP contribution in [0.25, 0.3) is 0 Å². The van der Waals surface area contributed by atoms with Crippen LogP contribution in [0.4, 0.5) is 0 Å². The third-order valence-electron chi connectivity index (χ3n) is 4.61. The minimum atomic E-state index is -0.176. The molecule has 0 unspecified atom stereocenters. The van der Waals surface area contributed by atoms with Crippen LogP contribution in [-0.2, 0) is 11.2 Å². The average Bonchev–Trinajstić information content (AvgIpc) is 2.95. The van der Waals surface area contributed by atoms with Gasteiger partial charge in [0.1, 0.15) is 13.2 Å². The molecular weight excluding hydrogens is 302 g/mol. The zero-order chi connectivity index (χ0) is 15.6. The van der Waals surface area contributed by atoms with Crippen molar-refractivity contribution in [3.8, 4) is 11.5 Å². The molecule has 0 aromatic heterocycles. The van der Waals surface area contributed by atoms with E-state index in [2.05, 4.69) is 12.2 Å². The van der Waals surface area contributed by atoms with Gasteiger partial charge >= 0.3 is 0 Å². The van der Waals surface area contributed by atoms with Crippen molar-refractivity contribution in [2.45, 2.75) is 39.0 Å². The fourth-order valence-corrected chi connectivity index (χ4v) is 3.51. The number of fused-ring (bicyclic) bond motifs is 1. The number of rotatable bonds is 4. The second kappa shape index (κ2) is 6.37. The van der Waals surface area contributed by atoms with E-state index in [0.29, 0.717) is 36.3 Å². The van der Waals surface area contributed by atoms with E-state index in [9.17, 15) is 4.79 Å². The Kier molecular flexibility index (Phi) is 4.48. The maximum atomic E-state index is 12.3. The summed E-state index contributed by atoms with van der Waals surface area (Å²) < 4.78 is 11.1. The SMILES string of the molecule is CC1(C(=O)NCCc2cc(Cl)c3c(c2)OCCO3)CCCC1. The van der Waals surface area contributed by atoms with Crippen molar-refractivity contribution in [1.82, 2.24) is 5.32 Å². The van der Waals surface area contributed by atoms with Gasteiger partial charge < -0.3 is 14.8 Å². The molecule has 22 heavy (non-hydrogen) atoms. The predicted molar refractivity (Wildman–Crippen MR) is 85.7 cm³/mol. The first kappa shape index (κ1) is 15.5. The summed E-state index contributed by atoms with van der Waals surface area (Å²) in [4.78, 5) is 12.3. The average molecular weight is 324 g/mol. The fraction of sp³-hybridized carbons (Fsp3) is 0.588. The van der Waals surface area contributed by atoms with E-state index >= 15 is 0 Å². The van der Waals surface area contributed by atoms with Gasteiger partial charge in [0.25, 0.3) is 0 Å². The molecule has 0 radical (unpaired) electrons. The molecule has 1 fully saturated rings. The molecule has 0 spiro atoms. The number of ether oxygens (including phenoxy) is 2. The highest BCUT2D eigenvalue weighted by Gasteiger charge is 2.35. The molecule has 1 saturated carbocycles. The second-order valence-electron chi connectivity index (χ2n) is 6.38. The lowest BCUT2D eigenvalue weighted by molar-refractivity contribution is -0.129. The van der Waals surface area contributed by atoms with Crippen LogP contribution < -0.4 is 14.8 Å². The van der Waals surface area contributed by atoms with Gasteiger partial charge in [-0.2, -0.15) is 0 Å². The molecule has 1 heterocycles. The molecular formula is C17H22ClNO3. The van der Waals surface area contributed by atoms with Gasteiger partial charge in [0, 0.05) is 12.0 Å². The lowest BCUT2D eigenvalue weighted by atomic mass is 9.88. The van der Waals surface area contributed by atoms with Crippen LogP contribution in [0.2, 0.25) is 5.02 Å². The Hall–Kier alpha value is -1.42. The molecule has 1 aromatic carbocycles. The van der Waals surface area contributed by atoms with Crippen LogP contribution in [0.5, 0.6) is 11.5 Å². The summed E-state index contributed by atoms with van der Waals surface area (Å²) in [5.74, 6) is 1.50. The first-order valence-corrected chi connectivity index (χ1v) is 8.33. The van der Waals surface area contributed by atoms with Gasteiger partial charge in [-0.3, -0.25) is 4.79 Å². The topological polar surface area (TPSA) is 47.6 Å². The van der Waals surface area contributed by atoms with E-state index < -0.39 is 0 Å². The standard InChI is InChI=1S/C17H22ClNO3/c1-17(5-2-3-6-17)16(20)19-7-4-12-10-13(18)15-14(11-12)21-8-9-22-15/h10-11H,2-9H2,1H3,(H,19,20). The van der Waals surface area contributed by atoms with Crippen LogP contribution in [-0.4, -0.2) is 25.7 Å². The number of nitrogens with one attached hydrogen (secondary N) is 1. The van der Waals surface area contributed by atoms with Gasteiger partial charge in [-0.15, -0.1) is 0 Å². The molecule has 5 heteroatoms. The normalized spacial score (nSPS) is 19.0. The molecule has 0 atom stereocenters. The first-order chi connectivity index (χ1) is 10.6. The summed E-state index contributed by atoms with van der Waals surface area (Å²) in [5.41, 5.74) is 0.871. The monoisotopic (exact) mass is 323 g/mol. The van der Waals surface area contributed by atoms with Gasteiger partial charge in [0.2, 0.25) is 5.91 Å². The van der Waals surface area contributed by atoms with Crippen LogP contribution in [0.15, 0.2) is 12.1 Å². The highest BCUT2D eigenvalue weighted by Crippen LogP contribution is 2.39. The lowest BCUT2D eigenvalue weighted by Crippen LogP contribution is -2.38. The predicted octanol–water partition coefficient (Wildman–Crippen LogP) is 3.35. The molecule has 1 aromatic rings. The summed E-state index contributed by atoms with van der Waals surface area (Å²) in [7, 11) is 0.